The molecule has 0 unspecified atom stereocenters. The third-order valence-corrected chi connectivity index (χ3v) is 4.62. The molecule has 3 rings (SSSR count). The van der Waals surface area contributed by atoms with E-state index >= 15 is 0 Å². The smallest absolute Gasteiger partial charge is 0.126 e. The average Bonchev–Trinajstić information content (AvgIpc) is 2.93. The summed E-state index contributed by atoms with van der Waals surface area (Å²) in [6.45, 7) is 3.83. The van der Waals surface area contributed by atoms with E-state index in [1.54, 1.807) is 0 Å². The van der Waals surface area contributed by atoms with Crippen molar-refractivity contribution in [1.82, 2.24) is 10.2 Å². The molecule has 1 aliphatic carbocycles. The first-order valence-electron chi connectivity index (χ1n) is 7.65. The largest absolute Gasteiger partial charge is 0.314 e. The minimum absolute atomic E-state index is 0. The lowest BCUT2D eigenvalue weighted by Crippen LogP contribution is -2.46. The molecule has 0 amide bonds. The molecule has 2 fully saturated rings. The van der Waals surface area contributed by atoms with Crippen molar-refractivity contribution < 1.29 is 8.78 Å². The molecule has 0 spiro atoms. The van der Waals surface area contributed by atoms with Gasteiger partial charge in [0.2, 0.25) is 0 Å². The summed E-state index contributed by atoms with van der Waals surface area (Å²) < 4.78 is 27.1. The van der Waals surface area contributed by atoms with Crippen LogP contribution in [-0.4, -0.2) is 31.1 Å². The van der Waals surface area contributed by atoms with Gasteiger partial charge >= 0.3 is 0 Å². The zero-order valence-corrected chi connectivity index (χ0v) is 13.0. The van der Waals surface area contributed by atoms with Crippen molar-refractivity contribution in [3.8, 4) is 0 Å². The molecule has 0 radical (unpaired) electrons. The minimum Gasteiger partial charge on any atom is -0.314 e. The van der Waals surface area contributed by atoms with E-state index in [4.69, 9.17) is 0 Å². The number of benzene rings is 1. The van der Waals surface area contributed by atoms with Gasteiger partial charge in [-0.3, -0.25) is 4.90 Å². The van der Waals surface area contributed by atoms with E-state index < -0.39 is 11.6 Å². The molecule has 1 atom stereocenters. The highest BCUT2D eigenvalue weighted by molar-refractivity contribution is 5.85. The molecule has 0 bridgehead atoms. The maximum atomic E-state index is 13.6. The maximum Gasteiger partial charge on any atom is 0.126 e. The molecular formula is C16H23ClF2N2. The summed E-state index contributed by atoms with van der Waals surface area (Å²) in [6.07, 6.45) is 4.83. The molecule has 0 aromatic heterocycles. The Labute approximate surface area is 131 Å². The Kier molecular flexibility index (Phi) is 5.97. The molecule has 1 heterocycles. The summed E-state index contributed by atoms with van der Waals surface area (Å²) >= 11 is 0. The Bertz CT molecular complexity index is 437. The van der Waals surface area contributed by atoms with Gasteiger partial charge in [-0.05, 0) is 36.5 Å². The predicted molar refractivity (Wildman–Crippen MR) is 82.7 cm³/mol. The SMILES string of the molecule is Cl.Fc1cc(F)cc([C@H](C2CCCC2)N2CCNCC2)c1. The molecule has 1 aromatic carbocycles. The highest BCUT2D eigenvalue weighted by atomic mass is 35.5. The van der Waals surface area contributed by atoms with Crippen LogP contribution in [0.25, 0.3) is 0 Å². The van der Waals surface area contributed by atoms with Crippen LogP contribution < -0.4 is 5.32 Å². The second kappa shape index (κ2) is 7.52. The number of piperazine rings is 1. The first kappa shape index (κ1) is 16.7. The third kappa shape index (κ3) is 3.93. The number of hydrogen-bond donors (Lipinski definition) is 1. The van der Waals surface area contributed by atoms with E-state index in [1.807, 2.05) is 0 Å². The van der Waals surface area contributed by atoms with Gasteiger partial charge in [-0.15, -0.1) is 12.4 Å². The molecule has 118 valence electrons. The van der Waals surface area contributed by atoms with Crippen LogP contribution in [0.2, 0.25) is 0 Å². The summed E-state index contributed by atoms with van der Waals surface area (Å²) in [4.78, 5) is 2.40. The summed E-state index contributed by atoms with van der Waals surface area (Å²) in [5.41, 5.74) is 0.816. The molecule has 1 saturated carbocycles. The Morgan fingerprint density at radius 3 is 2.14 bits per heavy atom. The van der Waals surface area contributed by atoms with Crippen molar-refractivity contribution in [2.45, 2.75) is 31.7 Å². The highest BCUT2D eigenvalue weighted by Gasteiger charge is 2.32. The Morgan fingerprint density at radius 1 is 1.00 bits per heavy atom. The van der Waals surface area contributed by atoms with E-state index in [1.165, 1.54) is 37.8 Å². The lowest BCUT2D eigenvalue weighted by molar-refractivity contribution is 0.125. The molecule has 2 nitrogen and oxygen atoms in total. The maximum absolute atomic E-state index is 13.6. The number of nitrogens with one attached hydrogen (secondary N) is 1. The Morgan fingerprint density at radius 2 is 1.57 bits per heavy atom. The molecule has 1 aromatic rings. The minimum atomic E-state index is -0.460. The van der Waals surface area contributed by atoms with Crippen molar-refractivity contribution in [3.05, 3.63) is 35.4 Å². The molecule has 1 saturated heterocycles. The zero-order valence-electron chi connectivity index (χ0n) is 12.2. The van der Waals surface area contributed by atoms with Crippen LogP contribution in [0.3, 0.4) is 0 Å². The van der Waals surface area contributed by atoms with Gasteiger partial charge in [-0.2, -0.15) is 0 Å². The number of hydrogen-bond acceptors (Lipinski definition) is 2. The lowest BCUT2D eigenvalue weighted by Gasteiger charge is -2.38. The monoisotopic (exact) mass is 316 g/mol. The average molecular weight is 317 g/mol. The second-order valence-electron chi connectivity index (χ2n) is 5.98. The van der Waals surface area contributed by atoms with E-state index in [-0.39, 0.29) is 18.4 Å². The summed E-state index contributed by atoms with van der Waals surface area (Å²) in [6, 6.07) is 4.18. The van der Waals surface area contributed by atoms with Gasteiger partial charge in [0.05, 0.1) is 0 Å². The molecule has 1 N–H and O–H groups in total. The fourth-order valence-electron chi connectivity index (χ4n) is 3.76. The zero-order chi connectivity index (χ0) is 13.9. The third-order valence-electron chi connectivity index (χ3n) is 4.62. The van der Waals surface area contributed by atoms with Gasteiger partial charge in [-0.1, -0.05) is 12.8 Å². The predicted octanol–water partition coefficient (Wildman–Crippen LogP) is 3.52. The Balaban J connectivity index is 0.00000161. The Hall–Kier alpha value is -0.710. The van der Waals surface area contributed by atoms with Gasteiger partial charge in [0.15, 0.2) is 0 Å². The number of rotatable bonds is 3. The fraction of sp³-hybridized carbons (Fsp3) is 0.625. The van der Waals surface area contributed by atoms with Crippen LogP contribution in [0.4, 0.5) is 8.78 Å². The van der Waals surface area contributed by atoms with Crippen LogP contribution in [0.5, 0.6) is 0 Å². The first-order chi connectivity index (χ1) is 9.74. The van der Waals surface area contributed by atoms with Crippen molar-refractivity contribution in [2.75, 3.05) is 26.2 Å². The quantitative estimate of drug-likeness (QED) is 0.918. The molecule has 5 heteroatoms. The van der Waals surface area contributed by atoms with E-state index in [0.29, 0.717) is 5.92 Å². The standard InChI is InChI=1S/C16H22F2N2.ClH/c17-14-9-13(10-15(18)11-14)16(12-3-1-2-4-12)20-7-5-19-6-8-20;/h9-12,16,19H,1-8H2;1H/t16-;/m0./s1. The van der Waals surface area contributed by atoms with Gasteiger partial charge in [0, 0.05) is 38.3 Å². The normalized spacial score (nSPS) is 22.0. The van der Waals surface area contributed by atoms with E-state index in [0.717, 1.165) is 37.8 Å². The van der Waals surface area contributed by atoms with Crippen molar-refractivity contribution >= 4 is 12.4 Å². The van der Waals surface area contributed by atoms with E-state index in [2.05, 4.69) is 10.2 Å². The van der Waals surface area contributed by atoms with Gasteiger partial charge < -0.3 is 5.32 Å². The van der Waals surface area contributed by atoms with Crippen molar-refractivity contribution in [3.63, 3.8) is 0 Å². The first-order valence-corrected chi connectivity index (χ1v) is 7.65. The van der Waals surface area contributed by atoms with Crippen LogP contribution in [0.1, 0.15) is 37.3 Å². The topological polar surface area (TPSA) is 15.3 Å². The van der Waals surface area contributed by atoms with Gasteiger partial charge in [0.1, 0.15) is 11.6 Å². The lowest BCUT2D eigenvalue weighted by atomic mass is 9.89. The summed E-state index contributed by atoms with van der Waals surface area (Å²) in [5, 5.41) is 3.34. The fourth-order valence-corrected chi connectivity index (χ4v) is 3.76. The number of nitrogens with zero attached hydrogens (tertiary/aromatic N) is 1. The second-order valence-corrected chi connectivity index (χ2v) is 5.98. The van der Waals surface area contributed by atoms with Gasteiger partial charge in [0.25, 0.3) is 0 Å². The number of halogens is 3. The van der Waals surface area contributed by atoms with Crippen molar-refractivity contribution in [1.29, 1.82) is 0 Å². The van der Waals surface area contributed by atoms with Crippen LogP contribution in [0.15, 0.2) is 18.2 Å². The van der Waals surface area contributed by atoms with Crippen LogP contribution in [-0.2, 0) is 0 Å². The van der Waals surface area contributed by atoms with Crippen molar-refractivity contribution in [2.24, 2.45) is 5.92 Å². The molecule has 1 aliphatic heterocycles. The molecule has 2 aliphatic rings. The summed E-state index contributed by atoms with van der Waals surface area (Å²) in [7, 11) is 0. The van der Waals surface area contributed by atoms with Crippen LogP contribution in [0, 0.1) is 17.6 Å². The van der Waals surface area contributed by atoms with Crippen LogP contribution >= 0.6 is 12.4 Å². The summed E-state index contributed by atoms with van der Waals surface area (Å²) in [5.74, 6) is -0.384. The highest BCUT2D eigenvalue weighted by Crippen LogP contribution is 2.40. The molecular weight excluding hydrogens is 294 g/mol. The van der Waals surface area contributed by atoms with Gasteiger partial charge in [-0.25, -0.2) is 8.78 Å². The molecule has 21 heavy (non-hydrogen) atoms. The van der Waals surface area contributed by atoms with E-state index in [9.17, 15) is 8.78 Å².